The van der Waals surface area contributed by atoms with Crippen molar-refractivity contribution in [2.75, 3.05) is 0 Å². The second-order valence-electron chi connectivity index (χ2n) is 4.02. The van der Waals surface area contributed by atoms with Gasteiger partial charge < -0.3 is 0 Å². The third-order valence-corrected chi connectivity index (χ3v) is 3.57. The highest BCUT2D eigenvalue weighted by atomic mass is 35.5. The summed E-state index contributed by atoms with van der Waals surface area (Å²) in [5.74, 6) is 0.625. The molecule has 1 aliphatic rings. The molecule has 0 unspecified atom stereocenters. The SMILES string of the molecule is O=C(CC1CCC1)c1c(Cl)cccc1Cl. The smallest absolute Gasteiger partial charge is 0.166 e. The average molecular weight is 243 g/mol. The molecule has 0 bridgehead atoms. The fourth-order valence-electron chi connectivity index (χ4n) is 1.83. The Morgan fingerprint density at radius 1 is 1.27 bits per heavy atom. The van der Waals surface area contributed by atoms with Crippen LogP contribution < -0.4 is 0 Å². The third-order valence-electron chi connectivity index (χ3n) is 2.94. The first-order chi connectivity index (χ1) is 7.18. The molecule has 0 amide bonds. The van der Waals surface area contributed by atoms with Crippen LogP contribution in [0.3, 0.4) is 0 Å². The minimum Gasteiger partial charge on any atom is -0.294 e. The molecule has 1 aromatic rings. The molecule has 80 valence electrons. The van der Waals surface area contributed by atoms with Crippen LogP contribution in [0.5, 0.6) is 0 Å². The van der Waals surface area contributed by atoms with Crippen LogP contribution in [0.4, 0.5) is 0 Å². The van der Waals surface area contributed by atoms with Crippen molar-refractivity contribution in [3.8, 4) is 0 Å². The lowest BCUT2D eigenvalue weighted by atomic mass is 9.81. The van der Waals surface area contributed by atoms with Crippen molar-refractivity contribution in [1.29, 1.82) is 0 Å². The summed E-state index contributed by atoms with van der Waals surface area (Å²) in [7, 11) is 0. The molecule has 0 spiro atoms. The molecule has 15 heavy (non-hydrogen) atoms. The van der Waals surface area contributed by atoms with E-state index in [0.717, 1.165) is 12.8 Å². The molecule has 3 heteroatoms. The van der Waals surface area contributed by atoms with Gasteiger partial charge in [0, 0.05) is 6.42 Å². The van der Waals surface area contributed by atoms with Gasteiger partial charge in [-0.25, -0.2) is 0 Å². The third kappa shape index (κ3) is 2.35. The van der Waals surface area contributed by atoms with E-state index in [1.807, 2.05) is 0 Å². The zero-order chi connectivity index (χ0) is 10.8. The van der Waals surface area contributed by atoms with Gasteiger partial charge >= 0.3 is 0 Å². The van der Waals surface area contributed by atoms with Crippen LogP contribution in [0.2, 0.25) is 10.0 Å². The maximum atomic E-state index is 11.9. The summed E-state index contributed by atoms with van der Waals surface area (Å²) in [4.78, 5) is 11.9. The topological polar surface area (TPSA) is 17.1 Å². The average Bonchev–Trinajstić information content (AvgIpc) is 2.11. The Labute approximate surface area is 99.4 Å². The molecule has 0 heterocycles. The summed E-state index contributed by atoms with van der Waals surface area (Å²) < 4.78 is 0. The molecule has 2 rings (SSSR count). The van der Waals surface area contributed by atoms with Gasteiger partial charge in [-0.15, -0.1) is 0 Å². The summed E-state index contributed by atoms with van der Waals surface area (Å²) in [6.07, 6.45) is 4.15. The van der Waals surface area contributed by atoms with E-state index >= 15 is 0 Å². The van der Waals surface area contributed by atoms with Gasteiger partial charge in [-0.1, -0.05) is 48.5 Å². The standard InChI is InChI=1S/C12H12Cl2O/c13-9-5-2-6-10(14)12(9)11(15)7-8-3-1-4-8/h2,5-6,8H,1,3-4,7H2. The fraction of sp³-hybridized carbons (Fsp3) is 0.417. The molecule has 0 radical (unpaired) electrons. The molecular weight excluding hydrogens is 231 g/mol. The highest BCUT2D eigenvalue weighted by Gasteiger charge is 2.23. The highest BCUT2D eigenvalue weighted by Crippen LogP contribution is 2.33. The molecule has 0 aliphatic heterocycles. The van der Waals surface area contributed by atoms with Crippen molar-refractivity contribution in [1.82, 2.24) is 0 Å². The summed E-state index contributed by atoms with van der Waals surface area (Å²) in [5.41, 5.74) is 0.493. The second-order valence-corrected chi connectivity index (χ2v) is 4.84. The number of hydrogen-bond acceptors (Lipinski definition) is 1. The van der Waals surface area contributed by atoms with Gasteiger partial charge in [0.1, 0.15) is 0 Å². The highest BCUT2D eigenvalue weighted by molar-refractivity contribution is 6.39. The van der Waals surface area contributed by atoms with Gasteiger partial charge in [0.25, 0.3) is 0 Å². The lowest BCUT2D eigenvalue weighted by Gasteiger charge is -2.24. The maximum Gasteiger partial charge on any atom is 0.166 e. The van der Waals surface area contributed by atoms with Gasteiger partial charge in [0.05, 0.1) is 15.6 Å². The summed E-state index contributed by atoms with van der Waals surface area (Å²) in [6.45, 7) is 0. The minimum absolute atomic E-state index is 0.0790. The predicted octanol–water partition coefficient (Wildman–Crippen LogP) is 4.37. The Kier molecular flexibility index (Phi) is 3.32. The number of ketones is 1. The van der Waals surface area contributed by atoms with Gasteiger partial charge in [-0.05, 0) is 18.1 Å². The largest absolute Gasteiger partial charge is 0.294 e. The summed E-state index contributed by atoms with van der Waals surface area (Å²) in [5, 5.41) is 0.929. The fourth-order valence-corrected chi connectivity index (χ4v) is 2.43. The Hall–Kier alpha value is -0.530. The van der Waals surface area contributed by atoms with E-state index in [2.05, 4.69) is 0 Å². The summed E-state index contributed by atoms with van der Waals surface area (Å²) >= 11 is 11.9. The first kappa shape index (κ1) is 11.0. The van der Waals surface area contributed by atoms with Crippen molar-refractivity contribution in [3.63, 3.8) is 0 Å². The molecule has 0 saturated heterocycles. The number of carbonyl (C=O) groups is 1. The Morgan fingerprint density at radius 3 is 2.33 bits per heavy atom. The molecule has 0 N–H and O–H groups in total. The van der Waals surface area contributed by atoms with Gasteiger partial charge in [-0.3, -0.25) is 4.79 Å². The number of halogens is 2. The van der Waals surface area contributed by atoms with Gasteiger partial charge in [-0.2, -0.15) is 0 Å². The molecule has 1 aromatic carbocycles. The zero-order valence-electron chi connectivity index (χ0n) is 8.30. The van der Waals surface area contributed by atoms with Crippen LogP contribution in [-0.4, -0.2) is 5.78 Å². The lowest BCUT2D eigenvalue weighted by Crippen LogP contribution is -2.16. The molecule has 0 atom stereocenters. The Balaban J connectivity index is 2.16. The van der Waals surface area contributed by atoms with Crippen molar-refractivity contribution in [2.45, 2.75) is 25.7 Å². The molecule has 1 nitrogen and oxygen atoms in total. The van der Waals surface area contributed by atoms with E-state index in [4.69, 9.17) is 23.2 Å². The van der Waals surface area contributed by atoms with Gasteiger partial charge in [0.2, 0.25) is 0 Å². The Bertz CT molecular complexity index is 363. The molecule has 1 aliphatic carbocycles. The summed E-state index contributed by atoms with van der Waals surface area (Å²) in [6, 6.07) is 5.17. The normalized spacial score (nSPS) is 16.1. The van der Waals surface area contributed by atoms with Crippen molar-refractivity contribution < 1.29 is 4.79 Å². The molecule has 1 fully saturated rings. The number of carbonyl (C=O) groups excluding carboxylic acids is 1. The van der Waals surface area contributed by atoms with Crippen molar-refractivity contribution >= 4 is 29.0 Å². The maximum absolute atomic E-state index is 11.9. The van der Waals surface area contributed by atoms with Crippen molar-refractivity contribution in [2.24, 2.45) is 5.92 Å². The minimum atomic E-state index is 0.0790. The van der Waals surface area contributed by atoms with Crippen LogP contribution in [0, 0.1) is 5.92 Å². The van der Waals surface area contributed by atoms with Gasteiger partial charge in [0.15, 0.2) is 5.78 Å². The number of rotatable bonds is 3. The van der Waals surface area contributed by atoms with Crippen LogP contribution in [0.15, 0.2) is 18.2 Å². The molecule has 1 saturated carbocycles. The van der Waals surface area contributed by atoms with Crippen LogP contribution in [0.1, 0.15) is 36.0 Å². The Morgan fingerprint density at radius 2 is 1.87 bits per heavy atom. The monoisotopic (exact) mass is 242 g/mol. The van der Waals surface area contributed by atoms with Crippen molar-refractivity contribution in [3.05, 3.63) is 33.8 Å². The van der Waals surface area contributed by atoms with E-state index in [1.54, 1.807) is 18.2 Å². The number of Topliss-reactive ketones (excluding diaryl/α,β-unsaturated/α-hetero) is 1. The van der Waals surface area contributed by atoms with E-state index in [1.165, 1.54) is 6.42 Å². The predicted molar refractivity (Wildman–Crippen MR) is 62.8 cm³/mol. The number of benzene rings is 1. The molecule has 0 aromatic heterocycles. The molecular formula is C12H12Cl2O. The number of hydrogen-bond donors (Lipinski definition) is 0. The van der Waals surface area contributed by atoms with E-state index in [-0.39, 0.29) is 5.78 Å². The second kappa shape index (κ2) is 4.54. The van der Waals surface area contributed by atoms with E-state index in [0.29, 0.717) is 27.9 Å². The first-order valence-corrected chi connectivity index (χ1v) is 5.91. The van der Waals surface area contributed by atoms with E-state index in [9.17, 15) is 4.79 Å². The first-order valence-electron chi connectivity index (χ1n) is 5.15. The lowest BCUT2D eigenvalue weighted by molar-refractivity contribution is 0.0937. The van der Waals surface area contributed by atoms with E-state index < -0.39 is 0 Å². The van der Waals surface area contributed by atoms with Crippen LogP contribution in [0.25, 0.3) is 0 Å². The van der Waals surface area contributed by atoms with Crippen LogP contribution >= 0.6 is 23.2 Å². The van der Waals surface area contributed by atoms with Crippen LogP contribution in [-0.2, 0) is 0 Å². The zero-order valence-corrected chi connectivity index (χ0v) is 9.81. The quantitative estimate of drug-likeness (QED) is 0.720.